The van der Waals surface area contributed by atoms with Gasteiger partial charge in [-0.05, 0) is 50.1 Å². The molecule has 3 aromatic heterocycles. The summed E-state index contributed by atoms with van der Waals surface area (Å²) in [7, 11) is 0. The highest BCUT2D eigenvalue weighted by Gasteiger charge is 2.29. The first-order chi connectivity index (χ1) is 18.5. The van der Waals surface area contributed by atoms with Crippen molar-refractivity contribution in [3.63, 3.8) is 0 Å². The lowest BCUT2D eigenvalue weighted by molar-refractivity contribution is 0.174. The van der Waals surface area contributed by atoms with E-state index in [1.165, 1.54) is 12.4 Å². The number of hydrogen-bond acceptors (Lipinski definition) is 8. The normalized spacial score (nSPS) is 16.1. The van der Waals surface area contributed by atoms with Crippen LogP contribution in [0.5, 0.6) is 11.5 Å². The van der Waals surface area contributed by atoms with Gasteiger partial charge >= 0.3 is 0 Å². The van der Waals surface area contributed by atoms with Gasteiger partial charge in [-0.2, -0.15) is 5.10 Å². The first kappa shape index (κ1) is 22.6. The fourth-order valence-electron chi connectivity index (χ4n) is 5.65. The molecule has 1 atom stereocenters. The third-order valence-corrected chi connectivity index (χ3v) is 7.50. The monoisotopic (exact) mass is 513 g/mol. The molecule has 1 aliphatic heterocycles. The predicted octanol–water partition coefficient (Wildman–Crippen LogP) is 4.38. The Kier molecular flexibility index (Phi) is 5.07. The molecule has 11 heteroatoms. The molecule has 38 heavy (non-hydrogen) atoms. The number of nitrogens with zero attached hydrogens (tertiary/aromatic N) is 6. The van der Waals surface area contributed by atoms with Gasteiger partial charge in [-0.1, -0.05) is 18.9 Å². The van der Waals surface area contributed by atoms with Crippen LogP contribution in [0.1, 0.15) is 50.5 Å². The maximum Gasteiger partial charge on any atom is 0.264 e. The maximum atomic E-state index is 14.8. The van der Waals surface area contributed by atoms with Crippen molar-refractivity contribution in [3.8, 4) is 22.8 Å². The van der Waals surface area contributed by atoms with Crippen LogP contribution in [-0.2, 0) is 0 Å². The first-order valence-corrected chi connectivity index (χ1v) is 12.6. The summed E-state index contributed by atoms with van der Waals surface area (Å²) in [6.45, 7) is 2.07. The third-order valence-electron chi connectivity index (χ3n) is 7.50. The molecule has 1 fully saturated rings. The molecule has 0 saturated heterocycles. The van der Waals surface area contributed by atoms with Gasteiger partial charge in [-0.3, -0.25) is 9.36 Å². The van der Waals surface area contributed by atoms with Crippen LogP contribution in [0, 0.1) is 5.82 Å². The van der Waals surface area contributed by atoms with E-state index in [0.717, 1.165) is 31.2 Å². The van der Waals surface area contributed by atoms with E-state index in [1.54, 1.807) is 21.4 Å². The van der Waals surface area contributed by atoms with Crippen molar-refractivity contribution in [1.29, 1.82) is 0 Å². The number of hydrogen-bond donors (Lipinski definition) is 1. The summed E-state index contributed by atoms with van der Waals surface area (Å²) in [5, 5.41) is 5.52. The molecule has 0 amide bonds. The van der Waals surface area contributed by atoms with Gasteiger partial charge < -0.3 is 15.2 Å². The zero-order valence-corrected chi connectivity index (χ0v) is 20.6. The second-order valence-electron chi connectivity index (χ2n) is 9.71. The van der Waals surface area contributed by atoms with Gasteiger partial charge in [0.05, 0.1) is 10.9 Å². The quantitative estimate of drug-likeness (QED) is 0.376. The number of fused-ring (bicyclic) bond motifs is 3. The van der Waals surface area contributed by atoms with Gasteiger partial charge in [-0.25, -0.2) is 24.0 Å². The van der Waals surface area contributed by atoms with E-state index < -0.39 is 11.9 Å². The molecule has 1 aliphatic carbocycles. The van der Waals surface area contributed by atoms with Gasteiger partial charge in [0.1, 0.15) is 40.9 Å². The molecule has 2 N–H and O–H groups in total. The molecule has 192 valence electrons. The number of rotatable bonds is 4. The van der Waals surface area contributed by atoms with Crippen molar-refractivity contribution in [2.24, 2.45) is 0 Å². The van der Waals surface area contributed by atoms with Gasteiger partial charge in [-0.15, -0.1) is 0 Å². The number of anilines is 1. The van der Waals surface area contributed by atoms with Crippen molar-refractivity contribution in [3.05, 3.63) is 64.7 Å². The molecule has 10 nitrogen and oxygen atoms in total. The Labute approximate surface area is 215 Å². The molecule has 0 spiro atoms. The van der Waals surface area contributed by atoms with E-state index in [2.05, 4.69) is 9.97 Å². The highest BCUT2D eigenvalue weighted by Crippen LogP contribution is 2.39. The summed E-state index contributed by atoms with van der Waals surface area (Å²) in [6.07, 6.45) is 5.06. The van der Waals surface area contributed by atoms with Gasteiger partial charge in [0.2, 0.25) is 6.79 Å². The van der Waals surface area contributed by atoms with Gasteiger partial charge in [0.25, 0.3) is 5.56 Å². The lowest BCUT2D eigenvalue weighted by atomic mass is 10.1. The summed E-state index contributed by atoms with van der Waals surface area (Å²) in [4.78, 5) is 27.3. The van der Waals surface area contributed by atoms with Crippen LogP contribution in [0.15, 0.2) is 47.5 Å². The number of ether oxygens (including phenoxy) is 2. The summed E-state index contributed by atoms with van der Waals surface area (Å²) in [5.41, 5.74) is 8.11. The Morgan fingerprint density at radius 2 is 1.89 bits per heavy atom. The van der Waals surface area contributed by atoms with Crippen molar-refractivity contribution in [1.82, 2.24) is 29.3 Å². The lowest BCUT2D eigenvalue weighted by Crippen LogP contribution is -2.31. The number of nitrogens with two attached hydrogens (primary N) is 1. The zero-order chi connectivity index (χ0) is 26.0. The van der Waals surface area contributed by atoms with E-state index in [0.29, 0.717) is 39.6 Å². The molecule has 4 heterocycles. The van der Waals surface area contributed by atoms with Crippen LogP contribution in [0.3, 0.4) is 0 Å². The van der Waals surface area contributed by atoms with E-state index in [9.17, 15) is 9.18 Å². The first-order valence-electron chi connectivity index (χ1n) is 12.6. The van der Waals surface area contributed by atoms with Crippen LogP contribution >= 0.6 is 0 Å². The minimum absolute atomic E-state index is 0.00768. The van der Waals surface area contributed by atoms with Crippen molar-refractivity contribution in [2.45, 2.75) is 44.7 Å². The molecule has 2 aromatic carbocycles. The van der Waals surface area contributed by atoms with Gasteiger partial charge in [0, 0.05) is 11.6 Å². The van der Waals surface area contributed by atoms with Crippen molar-refractivity contribution < 1.29 is 13.9 Å². The fourth-order valence-corrected chi connectivity index (χ4v) is 5.65. The standard InChI is InChI=1S/C27H24FN7O3/c1-14(25-32-18-8-4-7-17(28)21(18)27(36)34(25)16-5-2-3-6-16)35-26-22(24(29)30-12-31-26)23(33-35)15-9-10-19-20(11-15)38-13-37-19/h4,7-12,14,16H,2-3,5-6,13H2,1H3,(H2,29,30,31). The predicted molar refractivity (Wildman–Crippen MR) is 139 cm³/mol. The van der Waals surface area contributed by atoms with Crippen LogP contribution in [0.4, 0.5) is 10.2 Å². The average molecular weight is 514 g/mol. The lowest BCUT2D eigenvalue weighted by Gasteiger charge is -2.23. The minimum atomic E-state index is -0.568. The summed E-state index contributed by atoms with van der Waals surface area (Å²) in [5.74, 6) is 1.48. The van der Waals surface area contributed by atoms with E-state index >= 15 is 0 Å². The van der Waals surface area contributed by atoms with Crippen LogP contribution in [0.25, 0.3) is 33.2 Å². The van der Waals surface area contributed by atoms with Crippen LogP contribution < -0.4 is 20.8 Å². The number of halogens is 1. The Bertz CT molecular complexity index is 1790. The van der Waals surface area contributed by atoms with E-state index in [1.807, 2.05) is 25.1 Å². The fraction of sp³-hybridized carbons (Fsp3) is 0.296. The molecule has 0 bridgehead atoms. The Balaban J connectivity index is 1.46. The molecule has 1 saturated carbocycles. The molecule has 2 aliphatic rings. The largest absolute Gasteiger partial charge is 0.454 e. The van der Waals surface area contributed by atoms with Crippen LogP contribution in [0.2, 0.25) is 0 Å². The van der Waals surface area contributed by atoms with Crippen molar-refractivity contribution >= 4 is 27.8 Å². The van der Waals surface area contributed by atoms with Crippen molar-refractivity contribution in [2.75, 3.05) is 12.5 Å². The molecule has 7 rings (SSSR count). The highest BCUT2D eigenvalue weighted by molar-refractivity contribution is 5.98. The minimum Gasteiger partial charge on any atom is -0.454 e. The molecule has 1 unspecified atom stereocenters. The second kappa shape index (κ2) is 8.51. The zero-order valence-electron chi connectivity index (χ0n) is 20.6. The van der Waals surface area contributed by atoms with Crippen LogP contribution in [-0.4, -0.2) is 36.1 Å². The molecule has 5 aromatic rings. The highest BCUT2D eigenvalue weighted by atomic mass is 19.1. The number of nitrogen functional groups attached to an aromatic ring is 1. The Morgan fingerprint density at radius 3 is 2.74 bits per heavy atom. The topological polar surface area (TPSA) is 123 Å². The number of aromatic nitrogens is 6. The molecule has 0 radical (unpaired) electrons. The number of benzene rings is 2. The van der Waals surface area contributed by atoms with Gasteiger partial charge in [0.15, 0.2) is 17.1 Å². The third kappa shape index (κ3) is 3.34. The smallest absolute Gasteiger partial charge is 0.264 e. The summed E-state index contributed by atoms with van der Waals surface area (Å²) < 4.78 is 29.2. The second-order valence-corrected chi connectivity index (χ2v) is 9.71. The summed E-state index contributed by atoms with van der Waals surface area (Å²) in [6, 6.07) is 9.48. The average Bonchev–Trinajstić information content (AvgIpc) is 3.68. The Morgan fingerprint density at radius 1 is 1.08 bits per heavy atom. The maximum absolute atomic E-state index is 14.8. The SMILES string of the molecule is CC(c1nc2cccc(F)c2c(=O)n1C1CCCC1)n1nc(-c2ccc3c(c2)OCO3)c2c(N)ncnc21. The van der Waals surface area contributed by atoms with E-state index in [4.69, 9.17) is 25.3 Å². The molecular formula is C27H24FN7O3. The van der Waals surface area contributed by atoms with E-state index in [-0.39, 0.29) is 29.6 Å². The molecular weight excluding hydrogens is 489 g/mol. The summed E-state index contributed by atoms with van der Waals surface area (Å²) >= 11 is 0. The Hall–Kier alpha value is -4.54.